The van der Waals surface area contributed by atoms with E-state index in [1.807, 2.05) is 79.7 Å². The highest BCUT2D eigenvalue weighted by Crippen LogP contribution is 2.36. The molecule has 3 aromatic rings. The third-order valence-electron chi connectivity index (χ3n) is 6.15. The van der Waals surface area contributed by atoms with E-state index in [-0.39, 0.29) is 11.2 Å². The van der Waals surface area contributed by atoms with Gasteiger partial charge in [0.05, 0.1) is 11.2 Å². The first-order valence-electron chi connectivity index (χ1n) is 11.3. The van der Waals surface area contributed by atoms with E-state index in [1.165, 1.54) is 0 Å². The van der Waals surface area contributed by atoms with E-state index in [0.29, 0.717) is 18.1 Å². The van der Waals surface area contributed by atoms with Crippen molar-refractivity contribution < 1.29 is 9.31 Å². The van der Waals surface area contributed by atoms with E-state index in [1.54, 1.807) is 0 Å². The van der Waals surface area contributed by atoms with Crippen molar-refractivity contribution in [2.24, 2.45) is 0 Å². The molecule has 2 heterocycles. The predicted octanol–water partition coefficient (Wildman–Crippen LogP) is 5.18. The lowest BCUT2D eigenvalue weighted by Crippen LogP contribution is -2.41. The molecule has 0 radical (unpaired) electrons. The lowest BCUT2D eigenvalue weighted by Gasteiger charge is -2.32. The van der Waals surface area contributed by atoms with Crippen molar-refractivity contribution in [3.63, 3.8) is 0 Å². The summed E-state index contributed by atoms with van der Waals surface area (Å²) in [6.07, 6.45) is 8.67. The summed E-state index contributed by atoms with van der Waals surface area (Å²) >= 11 is 0. The summed E-state index contributed by atoms with van der Waals surface area (Å²) in [5.74, 6) is 2.05. The maximum Gasteiger partial charge on any atom is 0.494 e. The summed E-state index contributed by atoms with van der Waals surface area (Å²) in [7, 11) is -0.394. The molecular weight excluding hydrogens is 409 g/mol. The van der Waals surface area contributed by atoms with Crippen molar-refractivity contribution in [1.82, 2.24) is 15.0 Å². The molecule has 0 bridgehead atoms. The van der Waals surface area contributed by atoms with Crippen molar-refractivity contribution in [3.05, 3.63) is 84.7 Å². The van der Waals surface area contributed by atoms with Gasteiger partial charge in [0.2, 0.25) is 0 Å². The van der Waals surface area contributed by atoms with Crippen LogP contribution in [0.5, 0.6) is 0 Å². The Morgan fingerprint density at radius 2 is 1.33 bits per heavy atom. The summed E-state index contributed by atoms with van der Waals surface area (Å²) < 4.78 is 12.4. The first-order chi connectivity index (χ1) is 15.8. The van der Waals surface area contributed by atoms with Gasteiger partial charge in [0.15, 0.2) is 11.6 Å². The number of aromatic nitrogens is 3. The van der Waals surface area contributed by atoms with Gasteiger partial charge in [-0.25, -0.2) is 15.0 Å². The number of nitrogens with zero attached hydrogens (tertiary/aromatic N) is 3. The fourth-order valence-corrected chi connectivity index (χ4v) is 3.49. The summed E-state index contributed by atoms with van der Waals surface area (Å²) in [6.45, 7) is 10.2. The van der Waals surface area contributed by atoms with Crippen LogP contribution in [-0.2, 0) is 15.7 Å². The van der Waals surface area contributed by atoms with Crippen LogP contribution in [0, 0.1) is 0 Å². The van der Waals surface area contributed by atoms with E-state index in [0.717, 1.165) is 22.4 Å². The van der Waals surface area contributed by atoms with Gasteiger partial charge in [0, 0.05) is 17.5 Å². The molecule has 0 N–H and O–H groups in total. The molecule has 168 valence electrons. The molecule has 33 heavy (non-hydrogen) atoms. The van der Waals surface area contributed by atoms with Crippen molar-refractivity contribution in [1.29, 1.82) is 0 Å². The first-order valence-corrected chi connectivity index (χ1v) is 11.3. The Kier molecular flexibility index (Phi) is 6.59. The van der Waals surface area contributed by atoms with Crippen molar-refractivity contribution >= 4 is 12.6 Å². The highest BCUT2D eigenvalue weighted by molar-refractivity contribution is 6.62. The SMILES string of the molecule is C/C=C\C=C/Cc1nc(-c2ccccc2)nc(-c2ccc(B3OC(C)(C)C(C)(C)O3)cc2)n1. The van der Waals surface area contributed by atoms with Gasteiger partial charge in [-0.3, -0.25) is 0 Å². The smallest absolute Gasteiger partial charge is 0.399 e. The minimum atomic E-state index is -0.394. The molecule has 0 unspecified atom stereocenters. The maximum absolute atomic E-state index is 6.18. The van der Waals surface area contributed by atoms with Crippen LogP contribution in [0.25, 0.3) is 22.8 Å². The minimum Gasteiger partial charge on any atom is -0.399 e. The zero-order chi connectivity index (χ0) is 23.5. The Bertz CT molecular complexity index is 1140. The van der Waals surface area contributed by atoms with Gasteiger partial charge in [-0.15, -0.1) is 0 Å². The topological polar surface area (TPSA) is 57.1 Å². The van der Waals surface area contributed by atoms with E-state index in [9.17, 15) is 0 Å². The normalized spacial score (nSPS) is 17.3. The van der Waals surface area contributed by atoms with Crippen LogP contribution in [0.2, 0.25) is 0 Å². The lowest BCUT2D eigenvalue weighted by molar-refractivity contribution is 0.00578. The number of benzene rings is 2. The third-order valence-corrected chi connectivity index (χ3v) is 6.15. The molecule has 4 rings (SSSR count). The average Bonchev–Trinajstić information content (AvgIpc) is 3.04. The monoisotopic (exact) mass is 439 g/mol. The molecule has 5 nitrogen and oxygen atoms in total. The zero-order valence-electron chi connectivity index (χ0n) is 19.9. The second kappa shape index (κ2) is 9.42. The molecular formula is C27H30BN3O2. The summed E-state index contributed by atoms with van der Waals surface area (Å²) in [5, 5.41) is 0. The second-order valence-corrected chi connectivity index (χ2v) is 9.13. The van der Waals surface area contributed by atoms with Crippen LogP contribution < -0.4 is 5.46 Å². The van der Waals surface area contributed by atoms with Gasteiger partial charge < -0.3 is 9.31 Å². The number of allylic oxidation sites excluding steroid dienone is 4. The molecule has 6 heteroatoms. The van der Waals surface area contributed by atoms with Crippen molar-refractivity contribution in [3.8, 4) is 22.8 Å². The maximum atomic E-state index is 6.18. The molecule has 1 aliphatic rings. The summed E-state index contributed by atoms with van der Waals surface area (Å²) in [5.41, 5.74) is 2.13. The van der Waals surface area contributed by atoms with Gasteiger partial charge in [-0.2, -0.15) is 0 Å². The Labute approximate surface area is 196 Å². The molecule has 0 saturated carbocycles. The van der Waals surface area contributed by atoms with Gasteiger partial charge in [0.1, 0.15) is 5.82 Å². The van der Waals surface area contributed by atoms with Crippen LogP contribution in [0.3, 0.4) is 0 Å². The van der Waals surface area contributed by atoms with E-state index < -0.39 is 7.12 Å². The average molecular weight is 439 g/mol. The second-order valence-electron chi connectivity index (χ2n) is 9.13. The standard InChI is InChI=1S/C27H30BN3O2/c1-6-7-8-12-15-23-29-24(20-13-10-9-11-14-20)31-25(30-23)21-16-18-22(19-17-21)28-32-26(2,3)27(4,5)33-28/h6-14,16-19H,15H2,1-5H3/b7-6-,12-8-. The molecule has 0 amide bonds. The van der Waals surface area contributed by atoms with Crippen LogP contribution in [-0.4, -0.2) is 33.3 Å². The fraction of sp³-hybridized carbons (Fsp3) is 0.296. The molecule has 0 atom stereocenters. The molecule has 1 aliphatic heterocycles. The first kappa shape index (κ1) is 23.1. The van der Waals surface area contributed by atoms with Gasteiger partial charge in [-0.05, 0) is 40.1 Å². The fourth-order valence-electron chi connectivity index (χ4n) is 3.49. The highest BCUT2D eigenvalue weighted by atomic mass is 16.7. The van der Waals surface area contributed by atoms with E-state index >= 15 is 0 Å². The summed E-state index contributed by atoms with van der Waals surface area (Å²) in [4.78, 5) is 14.2. The quantitative estimate of drug-likeness (QED) is 0.391. The van der Waals surface area contributed by atoms with Crippen LogP contribution in [0.4, 0.5) is 0 Å². The van der Waals surface area contributed by atoms with Gasteiger partial charge in [-0.1, -0.05) is 78.9 Å². The Morgan fingerprint density at radius 1 is 0.758 bits per heavy atom. The Hall–Kier alpha value is -3.09. The summed E-state index contributed by atoms with van der Waals surface area (Å²) in [6, 6.07) is 18.1. The third kappa shape index (κ3) is 5.13. The number of hydrogen-bond acceptors (Lipinski definition) is 5. The highest BCUT2D eigenvalue weighted by Gasteiger charge is 2.51. The van der Waals surface area contributed by atoms with Crippen molar-refractivity contribution in [2.45, 2.75) is 52.2 Å². The zero-order valence-corrected chi connectivity index (χ0v) is 19.9. The predicted molar refractivity (Wildman–Crippen MR) is 134 cm³/mol. The van der Waals surface area contributed by atoms with E-state index in [4.69, 9.17) is 24.3 Å². The van der Waals surface area contributed by atoms with Crippen LogP contribution >= 0.6 is 0 Å². The molecule has 2 aromatic carbocycles. The van der Waals surface area contributed by atoms with Gasteiger partial charge in [0.25, 0.3) is 0 Å². The Morgan fingerprint density at radius 3 is 1.91 bits per heavy atom. The Balaban J connectivity index is 1.65. The minimum absolute atomic E-state index is 0.371. The van der Waals surface area contributed by atoms with E-state index in [2.05, 4.69) is 33.8 Å². The molecule has 0 aliphatic carbocycles. The largest absolute Gasteiger partial charge is 0.494 e. The van der Waals surface area contributed by atoms with Gasteiger partial charge >= 0.3 is 7.12 Å². The number of hydrogen-bond donors (Lipinski definition) is 0. The molecule has 1 aromatic heterocycles. The molecule has 0 spiro atoms. The van der Waals surface area contributed by atoms with Crippen molar-refractivity contribution in [2.75, 3.05) is 0 Å². The number of rotatable bonds is 6. The van der Waals surface area contributed by atoms with Crippen LogP contribution in [0.1, 0.15) is 40.4 Å². The molecule has 1 saturated heterocycles. The molecule has 1 fully saturated rings. The lowest BCUT2D eigenvalue weighted by atomic mass is 9.79. The van der Waals surface area contributed by atoms with Crippen LogP contribution in [0.15, 0.2) is 78.9 Å².